The number of hydrogen-bond donors (Lipinski definition) is 1. The van der Waals surface area contributed by atoms with E-state index < -0.39 is 5.60 Å². The van der Waals surface area contributed by atoms with E-state index in [1.54, 1.807) is 0 Å². The number of amides is 1. The average Bonchev–Trinajstić information content (AvgIpc) is 3.15. The number of nitrogens with zero attached hydrogens (tertiary/aromatic N) is 4. The lowest BCUT2D eigenvalue weighted by Crippen LogP contribution is -2.49. The molecule has 0 radical (unpaired) electrons. The zero-order chi connectivity index (χ0) is 19.4. The summed E-state index contributed by atoms with van der Waals surface area (Å²) in [4.78, 5) is 14.4. The van der Waals surface area contributed by atoms with Gasteiger partial charge in [0, 0.05) is 38.5 Å². The van der Waals surface area contributed by atoms with Gasteiger partial charge in [0.05, 0.1) is 6.04 Å². The standard InChI is InChI=1S/C20H35N5O2/c1-15(16-9-8-14-24(16)19(26)27-20(2,3)4)21-12-11-18-23-22-17-10-6-5-7-13-25(17)18/h15-16,21H,5-14H2,1-4H3. The highest BCUT2D eigenvalue weighted by molar-refractivity contribution is 5.69. The number of aryl methyl sites for hydroxylation is 1. The fraction of sp³-hybridized carbons (Fsp3) is 0.850. The number of ether oxygens (including phenoxy) is 1. The zero-order valence-electron chi connectivity index (χ0n) is 17.3. The number of hydrogen-bond acceptors (Lipinski definition) is 5. The first-order chi connectivity index (χ1) is 12.8. The molecule has 7 heteroatoms. The van der Waals surface area contributed by atoms with Crippen molar-refractivity contribution < 1.29 is 9.53 Å². The topological polar surface area (TPSA) is 72.3 Å². The molecule has 2 atom stereocenters. The van der Waals surface area contributed by atoms with Crippen molar-refractivity contribution in [3.8, 4) is 0 Å². The van der Waals surface area contributed by atoms with E-state index >= 15 is 0 Å². The van der Waals surface area contributed by atoms with Crippen LogP contribution in [-0.2, 0) is 24.1 Å². The Bertz CT molecular complexity index is 637. The van der Waals surface area contributed by atoms with Crippen LogP contribution in [0.3, 0.4) is 0 Å². The van der Waals surface area contributed by atoms with E-state index in [0.29, 0.717) is 0 Å². The highest BCUT2D eigenvalue weighted by Crippen LogP contribution is 2.23. The molecule has 2 unspecified atom stereocenters. The summed E-state index contributed by atoms with van der Waals surface area (Å²) in [6.45, 7) is 10.6. The second-order valence-corrected chi connectivity index (χ2v) is 8.87. The van der Waals surface area contributed by atoms with Gasteiger partial charge in [-0.2, -0.15) is 0 Å². The van der Waals surface area contributed by atoms with Crippen LogP contribution in [0.2, 0.25) is 0 Å². The van der Waals surface area contributed by atoms with Crippen LogP contribution >= 0.6 is 0 Å². The van der Waals surface area contributed by atoms with Gasteiger partial charge in [0.25, 0.3) is 0 Å². The van der Waals surface area contributed by atoms with Crippen LogP contribution in [0.15, 0.2) is 0 Å². The van der Waals surface area contributed by atoms with E-state index in [-0.39, 0.29) is 18.2 Å². The normalized spacial score (nSPS) is 21.6. The van der Waals surface area contributed by atoms with Gasteiger partial charge in [-0.3, -0.25) is 0 Å². The summed E-state index contributed by atoms with van der Waals surface area (Å²) >= 11 is 0. The van der Waals surface area contributed by atoms with Crippen molar-refractivity contribution in [2.75, 3.05) is 13.1 Å². The predicted octanol–water partition coefficient (Wildman–Crippen LogP) is 2.92. The first-order valence-electron chi connectivity index (χ1n) is 10.5. The van der Waals surface area contributed by atoms with Crippen LogP contribution in [0.1, 0.15) is 71.4 Å². The predicted molar refractivity (Wildman–Crippen MR) is 105 cm³/mol. The highest BCUT2D eigenvalue weighted by Gasteiger charge is 2.35. The number of carbonyl (C=O) groups is 1. The molecule has 0 bridgehead atoms. The van der Waals surface area contributed by atoms with Crippen LogP contribution in [-0.4, -0.2) is 56.5 Å². The Hall–Kier alpha value is -1.63. The SMILES string of the molecule is CC(NCCc1nnc2n1CCCCC2)C1CCCN1C(=O)OC(C)(C)C. The van der Waals surface area contributed by atoms with Gasteiger partial charge in [-0.1, -0.05) is 6.42 Å². The monoisotopic (exact) mass is 377 g/mol. The molecular weight excluding hydrogens is 342 g/mol. The maximum Gasteiger partial charge on any atom is 0.410 e. The third-order valence-electron chi connectivity index (χ3n) is 5.51. The van der Waals surface area contributed by atoms with Crippen LogP contribution in [0, 0.1) is 0 Å². The first-order valence-corrected chi connectivity index (χ1v) is 10.5. The zero-order valence-corrected chi connectivity index (χ0v) is 17.3. The minimum Gasteiger partial charge on any atom is -0.444 e. The molecule has 1 N–H and O–H groups in total. The van der Waals surface area contributed by atoms with Crippen molar-refractivity contribution in [1.29, 1.82) is 0 Å². The molecule has 1 fully saturated rings. The average molecular weight is 378 g/mol. The molecule has 7 nitrogen and oxygen atoms in total. The van der Waals surface area contributed by atoms with Gasteiger partial charge < -0.3 is 19.5 Å². The molecule has 3 rings (SSSR count). The summed E-state index contributed by atoms with van der Waals surface area (Å²) in [5, 5.41) is 12.4. The number of rotatable bonds is 5. The molecule has 0 aromatic carbocycles. The Kier molecular flexibility index (Phi) is 6.40. The summed E-state index contributed by atoms with van der Waals surface area (Å²) in [5.41, 5.74) is -0.452. The minimum absolute atomic E-state index is 0.190. The summed E-state index contributed by atoms with van der Waals surface area (Å²) in [6.07, 6.45) is 7.49. The lowest BCUT2D eigenvalue weighted by molar-refractivity contribution is 0.0201. The molecule has 0 aliphatic carbocycles. The van der Waals surface area contributed by atoms with E-state index in [1.807, 2.05) is 25.7 Å². The molecule has 27 heavy (non-hydrogen) atoms. The maximum atomic E-state index is 12.5. The number of nitrogens with one attached hydrogen (secondary N) is 1. The van der Waals surface area contributed by atoms with E-state index in [4.69, 9.17) is 4.74 Å². The summed E-state index contributed by atoms with van der Waals surface area (Å²) in [6, 6.07) is 0.418. The second-order valence-electron chi connectivity index (χ2n) is 8.87. The van der Waals surface area contributed by atoms with Crippen molar-refractivity contribution in [1.82, 2.24) is 25.0 Å². The molecule has 152 valence electrons. The smallest absolute Gasteiger partial charge is 0.410 e. The highest BCUT2D eigenvalue weighted by atomic mass is 16.6. The lowest BCUT2D eigenvalue weighted by atomic mass is 10.1. The summed E-state index contributed by atoms with van der Waals surface area (Å²) < 4.78 is 7.88. The third-order valence-corrected chi connectivity index (χ3v) is 5.51. The molecule has 1 amide bonds. The van der Waals surface area contributed by atoms with Gasteiger partial charge in [-0.15, -0.1) is 10.2 Å². The molecule has 2 aliphatic rings. The van der Waals surface area contributed by atoms with Crippen LogP contribution < -0.4 is 5.32 Å². The Balaban J connectivity index is 1.51. The molecular formula is C20H35N5O2. The number of fused-ring (bicyclic) bond motifs is 1. The molecule has 1 aromatic rings. The Morgan fingerprint density at radius 3 is 2.81 bits per heavy atom. The molecule has 1 saturated heterocycles. The summed E-state index contributed by atoms with van der Waals surface area (Å²) in [7, 11) is 0. The van der Waals surface area contributed by atoms with Gasteiger partial charge in [-0.25, -0.2) is 4.79 Å². The lowest BCUT2D eigenvalue weighted by Gasteiger charge is -2.32. The molecule has 0 saturated carbocycles. The van der Waals surface area contributed by atoms with E-state index in [0.717, 1.165) is 57.0 Å². The number of likely N-dealkylation sites (tertiary alicyclic amines) is 1. The van der Waals surface area contributed by atoms with Gasteiger partial charge in [0.1, 0.15) is 17.2 Å². The van der Waals surface area contributed by atoms with Crippen LogP contribution in [0.5, 0.6) is 0 Å². The Labute approximate surface area is 162 Å². The van der Waals surface area contributed by atoms with Gasteiger partial charge in [0.15, 0.2) is 0 Å². The third kappa shape index (κ3) is 5.21. The van der Waals surface area contributed by atoms with Gasteiger partial charge in [0.2, 0.25) is 0 Å². The van der Waals surface area contributed by atoms with Crippen LogP contribution in [0.4, 0.5) is 4.79 Å². The fourth-order valence-electron chi connectivity index (χ4n) is 4.14. The van der Waals surface area contributed by atoms with Crippen LogP contribution in [0.25, 0.3) is 0 Å². The molecule has 1 aromatic heterocycles. The number of aromatic nitrogens is 3. The van der Waals surface area contributed by atoms with E-state index in [1.165, 1.54) is 19.3 Å². The fourth-order valence-corrected chi connectivity index (χ4v) is 4.14. The largest absolute Gasteiger partial charge is 0.444 e. The Morgan fingerprint density at radius 2 is 2.04 bits per heavy atom. The maximum absolute atomic E-state index is 12.5. The molecule has 2 aliphatic heterocycles. The van der Waals surface area contributed by atoms with Gasteiger partial charge >= 0.3 is 6.09 Å². The van der Waals surface area contributed by atoms with Crippen molar-refractivity contribution in [3.63, 3.8) is 0 Å². The van der Waals surface area contributed by atoms with Crippen molar-refractivity contribution in [2.24, 2.45) is 0 Å². The van der Waals surface area contributed by atoms with Crippen molar-refractivity contribution >= 4 is 6.09 Å². The molecule has 3 heterocycles. The minimum atomic E-state index is -0.452. The van der Waals surface area contributed by atoms with Gasteiger partial charge in [-0.05, 0) is 53.4 Å². The first kappa shape index (κ1) is 20.1. The quantitative estimate of drug-likeness (QED) is 0.854. The molecule has 0 spiro atoms. The number of carbonyl (C=O) groups excluding carboxylic acids is 1. The van der Waals surface area contributed by atoms with Crippen molar-refractivity contribution in [2.45, 2.75) is 96.9 Å². The van der Waals surface area contributed by atoms with E-state index in [9.17, 15) is 4.79 Å². The Morgan fingerprint density at radius 1 is 1.22 bits per heavy atom. The van der Waals surface area contributed by atoms with E-state index in [2.05, 4.69) is 27.0 Å². The second kappa shape index (κ2) is 8.59. The summed E-state index contributed by atoms with van der Waals surface area (Å²) in [5.74, 6) is 2.23. The van der Waals surface area contributed by atoms with Crippen molar-refractivity contribution in [3.05, 3.63) is 11.6 Å².